The van der Waals surface area contributed by atoms with E-state index in [1.54, 1.807) is 4.90 Å². The quantitative estimate of drug-likeness (QED) is 0.847. The number of rotatable bonds is 5. The van der Waals surface area contributed by atoms with E-state index in [-0.39, 0.29) is 18.7 Å². The number of piperidine rings is 1. The number of hydrogen-bond donors (Lipinski definition) is 1. The number of halogens is 3. The zero-order chi connectivity index (χ0) is 15.3. The second-order valence-corrected chi connectivity index (χ2v) is 5.59. The van der Waals surface area contributed by atoms with Crippen LogP contribution in [-0.2, 0) is 4.79 Å². The molecule has 0 bridgehead atoms. The minimum Gasteiger partial charge on any atom is -0.383 e. The highest BCUT2D eigenvalue weighted by Crippen LogP contribution is 2.31. The predicted molar refractivity (Wildman–Crippen MR) is 70.1 cm³/mol. The van der Waals surface area contributed by atoms with Crippen LogP contribution in [-0.4, -0.2) is 41.3 Å². The SMILES string of the molecule is CCC(CC)CC(=O)N1CCC(C(O)C(F)(F)F)CC1. The monoisotopic (exact) mass is 295 g/mol. The number of alkyl halides is 3. The number of carbonyl (C=O) groups excluding carboxylic acids is 1. The van der Waals surface area contributed by atoms with Gasteiger partial charge in [-0.25, -0.2) is 0 Å². The van der Waals surface area contributed by atoms with Crippen molar-refractivity contribution in [3.63, 3.8) is 0 Å². The summed E-state index contributed by atoms with van der Waals surface area (Å²) < 4.78 is 37.3. The highest BCUT2D eigenvalue weighted by molar-refractivity contribution is 5.76. The van der Waals surface area contributed by atoms with Crippen molar-refractivity contribution in [2.24, 2.45) is 11.8 Å². The maximum atomic E-state index is 12.4. The van der Waals surface area contributed by atoms with Gasteiger partial charge < -0.3 is 10.0 Å². The van der Waals surface area contributed by atoms with E-state index in [1.165, 1.54) is 0 Å². The molecule has 0 aromatic heterocycles. The fourth-order valence-electron chi connectivity index (χ4n) is 2.69. The Hall–Kier alpha value is -0.780. The van der Waals surface area contributed by atoms with Crippen molar-refractivity contribution in [1.82, 2.24) is 4.90 Å². The normalized spacial score (nSPS) is 19.4. The summed E-state index contributed by atoms with van der Waals surface area (Å²) in [5, 5.41) is 9.23. The van der Waals surface area contributed by atoms with Gasteiger partial charge in [0.25, 0.3) is 0 Å². The van der Waals surface area contributed by atoms with Crippen LogP contribution in [0.25, 0.3) is 0 Å². The van der Waals surface area contributed by atoms with Gasteiger partial charge in [-0.2, -0.15) is 13.2 Å². The van der Waals surface area contributed by atoms with Gasteiger partial charge in [-0.1, -0.05) is 26.7 Å². The molecule has 0 radical (unpaired) electrons. The second-order valence-electron chi connectivity index (χ2n) is 5.59. The molecule has 1 aliphatic rings. The molecular formula is C14H24F3NO2. The molecule has 1 rings (SSSR count). The van der Waals surface area contributed by atoms with Gasteiger partial charge in [0.1, 0.15) is 0 Å². The average molecular weight is 295 g/mol. The van der Waals surface area contributed by atoms with E-state index in [2.05, 4.69) is 0 Å². The Bertz CT molecular complexity index is 308. The fraction of sp³-hybridized carbons (Fsp3) is 0.929. The third-order valence-electron chi connectivity index (χ3n) is 4.29. The molecule has 1 heterocycles. The molecule has 1 atom stereocenters. The minimum atomic E-state index is -4.56. The molecule has 1 amide bonds. The summed E-state index contributed by atoms with van der Waals surface area (Å²) in [7, 11) is 0. The number of aliphatic hydroxyl groups excluding tert-OH is 1. The first-order valence-electron chi connectivity index (χ1n) is 7.32. The van der Waals surface area contributed by atoms with Gasteiger partial charge in [-0.3, -0.25) is 4.79 Å². The van der Waals surface area contributed by atoms with Gasteiger partial charge in [0.15, 0.2) is 6.10 Å². The molecule has 6 heteroatoms. The topological polar surface area (TPSA) is 40.5 Å². The van der Waals surface area contributed by atoms with Crippen LogP contribution in [0.2, 0.25) is 0 Å². The van der Waals surface area contributed by atoms with Crippen molar-refractivity contribution in [2.45, 2.75) is 58.2 Å². The number of likely N-dealkylation sites (tertiary alicyclic amines) is 1. The molecule has 118 valence electrons. The molecule has 1 saturated heterocycles. The van der Waals surface area contributed by atoms with Crippen LogP contribution < -0.4 is 0 Å². The van der Waals surface area contributed by atoms with Crippen LogP contribution in [0.15, 0.2) is 0 Å². The Kier molecular flexibility index (Phi) is 6.30. The van der Waals surface area contributed by atoms with Crippen LogP contribution in [0, 0.1) is 11.8 Å². The predicted octanol–water partition coefficient (Wildman–Crippen LogP) is 2.97. The molecule has 20 heavy (non-hydrogen) atoms. The Balaban J connectivity index is 2.44. The fourth-order valence-corrected chi connectivity index (χ4v) is 2.69. The van der Waals surface area contributed by atoms with Gasteiger partial charge in [0.05, 0.1) is 0 Å². The molecule has 0 spiro atoms. The van der Waals surface area contributed by atoms with E-state index < -0.39 is 18.2 Å². The number of nitrogens with zero attached hydrogens (tertiary/aromatic N) is 1. The second kappa shape index (κ2) is 7.29. The van der Waals surface area contributed by atoms with Crippen LogP contribution >= 0.6 is 0 Å². The van der Waals surface area contributed by atoms with E-state index in [0.29, 0.717) is 25.4 Å². The van der Waals surface area contributed by atoms with Crippen molar-refractivity contribution in [2.75, 3.05) is 13.1 Å². The van der Waals surface area contributed by atoms with Crippen LogP contribution in [0.4, 0.5) is 13.2 Å². The Morgan fingerprint density at radius 1 is 1.25 bits per heavy atom. The zero-order valence-corrected chi connectivity index (χ0v) is 12.1. The Morgan fingerprint density at radius 3 is 2.15 bits per heavy atom. The first kappa shape index (κ1) is 17.3. The van der Waals surface area contributed by atoms with Crippen LogP contribution in [0.3, 0.4) is 0 Å². The number of carbonyl (C=O) groups is 1. The molecule has 3 nitrogen and oxygen atoms in total. The highest BCUT2D eigenvalue weighted by atomic mass is 19.4. The van der Waals surface area contributed by atoms with E-state index >= 15 is 0 Å². The van der Waals surface area contributed by atoms with Crippen LogP contribution in [0.1, 0.15) is 46.0 Å². The molecule has 0 aromatic carbocycles. The van der Waals surface area contributed by atoms with Gasteiger partial charge in [0, 0.05) is 19.5 Å². The molecule has 1 unspecified atom stereocenters. The van der Waals surface area contributed by atoms with E-state index in [1.807, 2.05) is 13.8 Å². The molecular weight excluding hydrogens is 271 g/mol. The summed E-state index contributed by atoms with van der Waals surface area (Å²) in [6.07, 6.45) is -4.05. The summed E-state index contributed by atoms with van der Waals surface area (Å²) in [4.78, 5) is 13.7. The largest absolute Gasteiger partial charge is 0.414 e. The Labute approximate surface area is 118 Å². The molecule has 0 aromatic rings. The smallest absolute Gasteiger partial charge is 0.383 e. The lowest BCUT2D eigenvalue weighted by Gasteiger charge is -2.35. The first-order valence-corrected chi connectivity index (χ1v) is 7.32. The summed E-state index contributed by atoms with van der Waals surface area (Å²) >= 11 is 0. The summed E-state index contributed by atoms with van der Waals surface area (Å²) in [6, 6.07) is 0. The maximum absolute atomic E-state index is 12.4. The van der Waals surface area contributed by atoms with Gasteiger partial charge >= 0.3 is 6.18 Å². The third kappa shape index (κ3) is 4.65. The van der Waals surface area contributed by atoms with Crippen LogP contribution in [0.5, 0.6) is 0 Å². The molecule has 1 fully saturated rings. The van der Waals surface area contributed by atoms with Gasteiger partial charge in [0.2, 0.25) is 5.91 Å². The van der Waals surface area contributed by atoms with Crippen molar-refractivity contribution in [3.8, 4) is 0 Å². The molecule has 1 N–H and O–H groups in total. The lowest BCUT2D eigenvalue weighted by molar-refractivity contribution is -0.222. The first-order chi connectivity index (χ1) is 9.29. The summed E-state index contributed by atoms with van der Waals surface area (Å²) in [6.45, 7) is 4.70. The van der Waals surface area contributed by atoms with Crippen molar-refractivity contribution >= 4 is 5.91 Å². The standard InChI is InChI=1S/C14H24F3NO2/c1-3-10(4-2)9-12(19)18-7-5-11(6-8-18)13(20)14(15,16)17/h10-11,13,20H,3-9H2,1-2H3. The maximum Gasteiger partial charge on any atom is 0.414 e. The molecule has 0 aliphatic carbocycles. The average Bonchev–Trinajstić information content (AvgIpc) is 2.42. The number of aliphatic hydroxyl groups is 1. The van der Waals surface area contributed by atoms with E-state index in [4.69, 9.17) is 0 Å². The number of hydrogen-bond acceptors (Lipinski definition) is 2. The number of amides is 1. The Morgan fingerprint density at radius 2 is 1.75 bits per heavy atom. The van der Waals surface area contributed by atoms with Gasteiger partial charge in [-0.05, 0) is 24.7 Å². The molecule has 0 saturated carbocycles. The summed E-state index contributed by atoms with van der Waals surface area (Å²) in [5.74, 6) is -0.410. The summed E-state index contributed by atoms with van der Waals surface area (Å²) in [5.41, 5.74) is 0. The van der Waals surface area contributed by atoms with Crippen molar-refractivity contribution in [3.05, 3.63) is 0 Å². The molecule has 1 aliphatic heterocycles. The highest BCUT2D eigenvalue weighted by Gasteiger charge is 2.44. The minimum absolute atomic E-state index is 0.0265. The van der Waals surface area contributed by atoms with E-state index in [0.717, 1.165) is 12.8 Å². The van der Waals surface area contributed by atoms with Crippen molar-refractivity contribution < 1.29 is 23.1 Å². The lowest BCUT2D eigenvalue weighted by atomic mass is 9.90. The van der Waals surface area contributed by atoms with E-state index in [9.17, 15) is 23.1 Å². The van der Waals surface area contributed by atoms with Crippen molar-refractivity contribution in [1.29, 1.82) is 0 Å². The van der Waals surface area contributed by atoms with Gasteiger partial charge in [-0.15, -0.1) is 0 Å². The third-order valence-corrected chi connectivity index (χ3v) is 4.29. The lowest BCUT2D eigenvalue weighted by Crippen LogP contribution is -2.45. The zero-order valence-electron chi connectivity index (χ0n) is 12.1.